The molecule has 0 radical (unpaired) electrons. The van der Waals surface area contributed by atoms with Crippen LogP contribution in [0.4, 0.5) is 0 Å². The average molecular weight is 242 g/mol. The van der Waals surface area contributed by atoms with Crippen LogP contribution in [0, 0.1) is 0 Å². The molecular formula is C12H20NS2+. The third kappa shape index (κ3) is 2.62. The maximum absolute atomic E-state index is 2.57. The van der Waals surface area contributed by atoms with Gasteiger partial charge in [-0.1, -0.05) is 20.8 Å². The van der Waals surface area contributed by atoms with Gasteiger partial charge in [0.1, 0.15) is 18.0 Å². The van der Waals surface area contributed by atoms with Crippen LogP contribution in [-0.4, -0.2) is 24.1 Å². The van der Waals surface area contributed by atoms with E-state index >= 15 is 0 Å². The smallest absolute Gasteiger partial charge is 0.228 e. The Kier molecular flexibility index (Phi) is 3.22. The van der Waals surface area contributed by atoms with Gasteiger partial charge in [0.25, 0.3) is 0 Å². The molecule has 0 spiro atoms. The van der Waals surface area contributed by atoms with Gasteiger partial charge in [-0.2, -0.15) is 0 Å². The lowest BCUT2D eigenvalue weighted by Crippen LogP contribution is -2.21. The van der Waals surface area contributed by atoms with Crippen molar-refractivity contribution in [1.29, 1.82) is 0 Å². The van der Waals surface area contributed by atoms with Crippen LogP contribution in [0.25, 0.3) is 0 Å². The van der Waals surface area contributed by atoms with Gasteiger partial charge in [0.15, 0.2) is 0 Å². The van der Waals surface area contributed by atoms with Crippen molar-refractivity contribution in [3.63, 3.8) is 0 Å². The quantitative estimate of drug-likeness (QED) is 0.579. The monoisotopic (exact) mass is 242 g/mol. The van der Waals surface area contributed by atoms with E-state index in [0.717, 1.165) is 0 Å². The van der Waals surface area contributed by atoms with Gasteiger partial charge in [-0.25, -0.2) is 4.58 Å². The molecule has 0 atom stereocenters. The van der Waals surface area contributed by atoms with E-state index < -0.39 is 0 Å². The number of thioether (sulfide) groups is 2. The van der Waals surface area contributed by atoms with Crippen molar-refractivity contribution in [2.75, 3.05) is 19.3 Å². The fourth-order valence-corrected chi connectivity index (χ4v) is 4.14. The first-order valence-electron chi connectivity index (χ1n) is 5.63. The fourth-order valence-electron chi connectivity index (χ4n) is 1.96. The molecule has 1 aliphatic rings. The van der Waals surface area contributed by atoms with E-state index in [1.165, 1.54) is 25.9 Å². The van der Waals surface area contributed by atoms with E-state index in [1.54, 1.807) is 15.1 Å². The highest BCUT2D eigenvalue weighted by molar-refractivity contribution is 8.03. The number of nitrogens with zero attached hydrogens (tertiary/aromatic N) is 1. The third-order valence-corrected chi connectivity index (χ3v) is 4.76. The van der Waals surface area contributed by atoms with Gasteiger partial charge in [-0.15, -0.1) is 23.5 Å². The zero-order valence-electron chi connectivity index (χ0n) is 10.1. The third-order valence-electron chi connectivity index (χ3n) is 2.61. The molecule has 1 saturated heterocycles. The van der Waals surface area contributed by atoms with E-state index in [1.807, 2.05) is 23.5 Å². The minimum Gasteiger partial charge on any atom is -0.228 e. The molecule has 84 valence electrons. The summed E-state index contributed by atoms with van der Waals surface area (Å²) in [6.07, 6.45) is 4.94. The van der Waals surface area contributed by atoms with Crippen LogP contribution in [0.3, 0.4) is 0 Å². The van der Waals surface area contributed by atoms with Crippen molar-refractivity contribution in [2.24, 2.45) is 0 Å². The summed E-state index contributed by atoms with van der Waals surface area (Å²) in [5.41, 5.74) is 0. The molecule has 1 aliphatic heterocycles. The van der Waals surface area contributed by atoms with Crippen LogP contribution in [0.1, 0.15) is 33.6 Å². The Bertz CT molecular complexity index is 370. The first kappa shape index (κ1) is 11.6. The summed E-state index contributed by atoms with van der Waals surface area (Å²) in [5.74, 6) is 0. The number of hydrogen-bond acceptors (Lipinski definition) is 2. The molecule has 1 fully saturated rings. The predicted octanol–water partition coefficient (Wildman–Crippen LogP) is 2.74. The normalized spacial score (nSPS) is 18.0. The molecule has 0 N–H and O–H groups in total. The van der Waals surface area contributed by atoms with Gasteiger partial charge in [-0.3, -0.25) is 0 Å². The summed E-state index contributed by atoms with van der Waals surface area (Å²) >= 11 is 3.94. The maximum Gasteiger partial charge on any atom is 0.230 e. The van der Waals surface area contributed by atoms with Gasteiger partial charge in [0, 0.05) is 17.6 Å². The average Bonchev–Trinajstić information content (AvgIpc) is 2.62. The molecule has 1 aromatic carbocycles. The standard InChI is InChI=1S/C12H20NS2/c1-12(2,3)15-11-9(10(11)14-4)13-7-5-6-8-13/h5-8H2,1-4H3/q+1. The second kappa shape index (κ2) is 4.17. The highest BCUT2D eigenvalue weighted by Crippen LogP contribution is 2.39. The molecule has 15 heavy (non-hydrogen) atoms. The Hall–Kier alpha value is 0.110. The Morgan fingerprint density at radius 2 is 1.67 bits per heavy atom. The fraction of sp³-hybridized carbons (Fsp3) is 0.750. The zero-order valence-corrected chi connectivity index (χ0v) is 11.7. The Morgan fingerprint density at radius 1 is 1.07 bits per heavy atom. The van der Waals surface area contributed by atoms with Gasteiger partial charge >= 0.3 is 0 Å². The lowest BCUT2D eigenvalue weighted by molar-refractivity contribution is 0.698. The van der Waals surface area contributed by atoms with Crippen LogP contribution in [-0.2, 0) is 0 Å². The minimum absolute atomic E-state index is 0.345. The summed E-state index contributed by atoms with van der Waals surface area (Å²) in [6, 6.07) is 0. The van der Waals surface area contributed by atoms with E-state index in [-0.39, 0.29) is 0 Å². The summed E-state index contributed by atoms with van der Waals surface area (Å²) in [4.78, 5) is 3.12. The van der Waals surface area contributed by atoms with Crippen molar-refractivity contribution in [1.82, 2.24) is 4.58 Å². The van der Waals surface area contributed by atoms with Crippen molar-refractivity contribution in [3.8, 4) is 0 Å². The minimum atomic E-state index is 0.345. The van der Waals surface area contributed by atoms with Crippen LogP contribution >= 0.6 is 23.5 Å². The largest absolute Gasteiger partial charge is 0.230 e. The van der Waals surface area contributed by atoms with Gasteiger partial charge < -0.3 is 0 Å². The van der Waals surface area contributed by atoms with Crippen LogP contribution in [0.15, 0.2) is 9.79 Å². The molecule has 3 heteroatoms. The molecule has 0 saturated carbocycles. The molecule has 0 aromatic heterocycles. The van der Waals surface area contributed by atoms with Gasteiger partial charge in [-0.05, 0) is 6.26 Å². The summed E-state index contributed by atoms with van der Waals surface area (Å²) in [5, 5.41) is 1.57. The van der Waals surface area contributed by atoms with Crippen molar-refractivity contribution < 1.29 is 0 Å². The molecule has 0 unspecified atom stereocenters. The molecule has 1 heterocycles. The molecule has 1 aromatic rings. The first-order chi connectivity index (χ1) is 7.03. The zero-order chi connectivity index (χ0) is 11.1. The van der Waals surface area contributed by atoms with E-state index in [9.17, 15) is 0 Å². The molecule has 1 nitrogen and oxygen atoms in total. The van der Waals surface area contributed by atoms with E-state index in [2.05, 4.69) is 31.6 Å². The second-order valence-corrected chi connectivity index (χ2v) is 7.77. The molecule has 0 amide bonds. The molecule has 2 rings (SSSR count). The maximum atomic E-state index is 2.57. The van der Waals surface area contributed by atoms with E-state index in [4.69, 9.17) is 0 Å². The Balaban J connectivity index is 2.23. The Labute approximate surface area is 101 Å². The van der Waals surface area contributed by atoms with E-state index in [0.29, 0.717) is 4.75 Å². The van der Waals surface area contributed by atoms with Crippen LogP contribution in [0.2, 0.25) is 0 Å². The molecular weight excluding hydrogens is 222 g/mol. The van der Waals surface area contributed by atoms with Crippen molar-refractivity contribution >= 4 is 23.5 Å². The van der Waals surface area contributed by atoms with Crippen molar-refractivity contribution in [2.45, 2.75) is 48.2 Å². The van der Waals surface area contributed by atoms with Gasteiger partial charge in [0.2, 0.25) is 5.36 Å². The highest BCUT2D eigenvalue weighted by atomic mass is 32.2. The summed E-state index contributed by atoms with van der Waals surface area (Å²) in [7, 11) is 0. The summed E-state index contributed by atoms with van der Waals surface area (Å²) < 4.78 is 2.91. The lowest BCUT2D eigenvalue weighted by atomic mass is 10.3. The second-order valence-electron chi connectivity index (χ2n) is 5.12. The Morgan fingerprint density at radius 3 is 2.13 bits per heavy atom. The highest BCUT2D eigenvalue weighted by Gasteiger charge is 2.33. The number of hydrogen-bond donors (Lipinski definition) is 0. The van der Waals surface area contributed by atoms with Crippen LogP contribution < -0.4 is 9.93 Å². The van der Waals surface area contributed by atoms with Crippen molar-refractivity contribution in [3.05, 3.63) is 5.36 Å². The van der Waals surface area contributed by atoms with Crippen LogP contribution in [0.5, 0.6) is 0 Å². The summed E-state index contributed by atoms with van der Waals surface area (Å²) in [6.45, 7) is 9.43. The SMILES string of the molecule is CSc1c(SC(C)(C)C)c1=[N+]1CCCC1. The first-order valence-corrected chi connectivity index (χ1v) is 7.67. The molecule has 0 bridgehead atoms. The predicted molar refractivity (Wildman–Crippen MR) is 70.4 cm³/mol. The van der Waals surface area contributed by atoms with Gasteiger partial charge in [0.05, 0.1) is 4.90 Å². The molecule has 0 aliphatic carbocycles. The lowest BCUT2D eigenvalue weighted by Gasteiger charge is -2.13. The number of rotatable bonds is 2. The topological polar surface area (TPSA) is 3.01 Å².